The quantitative estimate of drug-likeness (QED) is 0.742. The van der Waals surface area contributed by atoms with E-state index in [1.165, 1.54) is 0 Å². The molecule has 2 amide bonds. The van der Waals surface area contributed by atoms with E-state index in [0.29, 0.717) is 17.7 Å². The summed E-state index contributed by atoms with van der Waals surface area (Å²) in [6, 6.07) is 16.3. The van der Waals surface area contributed by atoms with Crippen molar-refractivity contribution in [2.75, 3.05) is 10.6 Å². The van der Waals surface area contributed by atoms with E-state index in [9.17, 15) is 9.59 Å². The molecule has 120 valence electrons. The Balaban J connectivity index is 2.04. The number of amides is 2. The highest BCUT2D eigenvalue weighted by atomic mass is 16.2. The lowest BCUT2D eigenvalue weighted by Crippen LogP contribution is -2.18. The van der Waals surface area contributed by atoms with Gasteiger partial charge in [-0.25, -0.2) is 0 Å². The average molecular weight is 310 g/mol. The van der Waals surface area contributed by atoms with Gasteiger partial charge in [0.1, 0.15) is 0 Å². The van der Waals surface area contributed by atoms with Crippen LogP contribution in [0, 0.1) is 0 Å². The van der Waals surface area contributed by atoms with Crippen molar-refractivity contribution in [3.8, 4) is 0 Å². The van der Waals surface area contributed by atoms with Crippen LogP contribution in [0.2, 0.25) is 0 Å². The highest BCUT2D eigenvalue weighted by molar-refractivity contribution is 6.10. The highest BCUT2D eigenvalue weighted by Crippen LogP contribution is 2.18. The fourth-order valence-corrected chi connectivity index (χ4v) is 2.26. The zero-order valence-corrected chi connectivity index (χ0v) is 13.3. The van der Waals surface area contributed by atoms with Gasteiger partial charge < -0.3 is 10.6 Å². The number of anilines is 2. The molecule has 4 heteroatoms. The highest BCUT2D eigenvalue weighted by Gasteiger charge is 2.13. The number of rotatable bonds is 7. The Hall–Kier alpha value is -2.62. The van der Waals surface area contributed by atoms with Crippen molar-refractivity contribution >= 4 is 23.2 Å². The van der Waals surface area contributed by atoms with Crippen molar-refractivity contribution in [3.63, 3.8) is 0 Å². The zero-order valence-electron chi connectivity index (χ0n) is 13.3. The molecule has 2 aromatic carbocycles. The molecule has 0 bridgehead atoms. The molecule has 0 spiro atoms. The SMILES string of the molecule is CCCCCC(=O)Nc1ccccc1C(=O)Nc1ccccc1. The van der Waals surface area contributed by atoms with Crippen LogP contribution in [-0.4, -0.2) is 11.8 Å². The van der Waals surface area contributed by atoms with E-state index >= 15 is 0 Å². The first-order chi connectivity index (χ1) is 11.2. The van der Waals surface area contributed by atoms with E-state index < -0.39 is 0 Å². The van der Waals surface area contributed by atoms with Crippen LogP contribution in [0.1, 0.15) is 43.0 Å². The first kappa shape index (κ1) is 16.7. The van der Waals surface area contributed by atoms with E-state index in [-0.39, 0.29) is 11.8 Å². The van der Waals surface area contributed by atoms with Crippen LogP contribution in [0.25, 0.3) is 0 Å². The smallest absolute Gasteiger partial charge is 0.257 e. The third-order valence-corrected chi connectivity index (χ3v) is 3.48. The van der Waals surface area contributed by atoms with E-state index in [2.05, 4.69) is 17.6 Å². The van der Waals surface area contributed by atoms with Crippen LogP contribution in [0.15, 0.2) is 54.6 Å². The Morgan fingerprint density at radius 3 is 2.30 bits per heavy atom. The van der Waals surface area contributed by atoms with Crippen LogP contribution in [0.3, 0.4) is 0 Å². The number of carbonyl (C=O) groups is 2. The van der Waals surface area contributed by atoms with Crippen molar-refractivity contribution in [2.24, 2.45) is 0 Å². The number of hydrogen-bond donors (Lipinski definition) is 2. The predicted octanol–water partition coefficient (Wildman–Crippen LogP) is 4.46. The second-order valence-electron chi connectivity index (χ2n) is 5.37. The standard InChI is InChI=1S/C19H22N2O2/c1-2-3-5-14-18(22)21-17-13-9-8-12-16(17)19(23)20-15-10-6-4-7-11-15/h4,6-13H,2-3,5,14H2,1H3,(H,20,23)(H,21,22). The molecule has 0 aliphatic carbocycles. The second kappa shape index (κ2) is 8.73. The lowest BCUT2D eigenvalue weighted by atomic mass is 10.1. The van der Waals surface area contributed by atoms with Crippen LogP contribution in [-0.2, 0) is 4.79 Å². The monoisotopic (exact) mass is 310 g/mol. The van der Waals surface area contributed by atoms with Crippen LogP contribution in [0.4, 0.5) is 11.4 Å². The van der Waals surface area contributed by atoms with Crippen LogP contribution >= 0.6 is 0 Å². The topological polar surface area (TPSA) is 58.2 Å². The molecule has 2 aromatic rings. The van der Waals surface area contributed by atoms with E-state index in [1.54, 1.807) is 24.3 Å². The molecule has 4 nitrogen and oxygen atoms in total. The molecule has 0 aliphatic rings. The number of benzene rings is 2. The Morgan fingerprint density at radius 1 is 0.870 bits per heavy atom. The van der Waals surface area contributed by atoms with Gasteiger partial charge in [0.2, 0.25) is 5.91 Å². The molecular formula is C19H22N2O2. The minimum Gasteiger partial charge on any atom is -0.325 e. The summed E-state index contributed by atoms with van der Waals surface area (Å²) in [4.78, 5) is 24.4. The lowest BCUT2D eigenvalue weighted by molar-refractivity contribution is -0.116. The van der Waals surface area contributed by atoms with Crippen molar-refractivity contribution in [2.45, 2.75) is 32.6 Å². The van der Waals surface area contributed by atoms with Gasteiger partial charge in [-0.3, -0.25) is 9.59 Å². The minimum atomic E-state index is -0.236. The van der Waals surface area contributed by atoms with Gasteiger partial charge in [0.15, 0.2) is 0 Å². The Kier molecular flexibility index (Phi) is 6.36. The maximum absolute atomic E-state index is 12.4. The maximum atomic E-state index is 12.4. The Morgan fingerprint density at radius 2 is 1.57 bits per heavy atom. The molecule has 0 aromatic heterocycles. The third-order valence-electron chi connectivity index (χ3n) is 3.48. The van der Waals surface area contributed by atoms with Crippen molar-refractivity contribution in [1.29, 1.82) is 0 Å². The Bertz CT molecular complexity index is 653. The lowest BCUT2D eigenvalue weighted by Gasteiger charge is -2.11. The minimum absolute atomic E-state index is 0.0570. The summed E-state index contributed by atoms with van der Waals surface area (Å²) in [5.41, 5.74) is 1.73. The van der Waals surface area contributed by atoms with Gasteiger partial charge in [-0.05, 0) is 30.7 Å². The summed E-state index contributed by atoms with van der Waals surface area (Å²) in [5.74, 6) is -0.293. The number of unbranched alkanes of at least 4 members (excludes halogenated alkanes) is 2. The van der Waals surface area contributed by atoms with Crippen molar-refractivity contribution < 1.29 is 9.59 Å². The van der Waals surface area contributed by atoms with Gasteiger partial charge in [-0.15, -0.1) is 0 Å². The molecule has 2 rings (SSSR count). The fourth-order valence-electron chi connectivity index (χ4n) is 2.26. The summed E-state index contributed by atoms with van der Waals surface area (Å²) >= 11 is 0. The third kappa shape index (κ3) is 5.25. The summed E-state index contributed by atoms with van der Waals surface area (Å²) < 4.78 is 0. The first-order valence-electron chi connectivity index (χ1n) is 7.96. The van der Waals surface area contributed by atoms with Crippen molar-refractivity contribution in [3.05, 3.63) is 60.2 Å². The second-order valence-corrected chi connectivity index (χ2v) is 5.37. The van der Waals surface area contributed by atoms with Crippen molar-refractivity contribution in [1.82, 2.24) is 0 Å². The number of nitrogens with one attached hydrogen (secondary N) is 2. The summed E-state index contributed by atoms with van der Waals surface area (Å²) in [6.45, 7) is 2.10. The molecule has 0 aliphatic heterocycles. The van der Waals surface area contributed by atoms with Gasteiger partial charge in [-0.1, -0.05) is 50.1 Å². The molecule has 0 saturated heterocycles. The summed E-state index contributed by atoms with van der Waals surface area (Å²) in [7, 11) is 0. The van der Waals surface area contributed by atoms with E-state index in [4.69, 9.17) is 0 Å². The van der Waals surface area contributed by atoms with Crippen LogP contribution < -0.4 is 10.6 Å². The van der Waals surface area contributed by atoms with Gasteiger partial charge in [-0.2, -0.15) is 0 Å². The maximum Gasteiger partial charge on any atom is 0.257 e. The van der Waals surface area contributed by atoms with E-state index in [1.807, 2.05) is 30.3 Å². The largest absolute Gasteiger partial charge is 0.325 e. The molecule has 0 unspecified atom stereocenters. The number of hydrogen-bond acceptors (Lipinski definition) is 2. The molecule has 0 fully saturated rings. The normalized spacial score (nSPS) is 10.1. The van der Waals surface area contributed by atoms with Gasteiger partial charge >= 0.3 is 0 Å². The van der Waals surface area contributed by atoms with Gasteiger partial charge in [0.05, 0.1) is 11.3 Å². The molecular weight excluding hydrogens is 288 g/mol. The molecule has 0 radical (unpaired) electrons. The average Bonchev–Trinajstić information content (AvgIpc) is 2.56. The van der Waals surface area contributed by atoms with Gasteiger partial charge in [0, 0.05) is 12.1 Å². The number of para-hydroxylation sites is 2. The zero-order chi connectivity index (χ0) is 16.5. The Labute approximate surface area is 136 Å². The molecule has 2 N–H and O–H groups in total. The first-order valence-corrected chi connectivity index (χ1v) is 7.96. The van der Waals surface area contributed by atoms with Gasteiger partial charge in [0.25, 0.3) is 5.91 Å². The fraction of sp³-hybridized carbons (Fsp3) is 0.263. The molecule has 0 atom stereocenters. The predicted molar refractivity (Wildman–Crippen MR) is 93.6 cm³/mol. The molecule has 0 heterocycles. The molecule has 23 heavy (non-hydrogen) atoms. The van der Waals surface area contributed by atoms with E-state index in [0.717, 1.165) is 24.9 Å². The number of carbonyl (C=O) groups excluding carboxylic acids is 2. The van der Waals surface area contributed by atoms with Crippen LogP contribution in [0.5, 0.6) is 0 Å². The molecule has 0 saturated carbocycles. The summed E-state index contributed by atoms with van der Waals surface area (Å²) in [5, 5.41) is 5.67. The summed E-state index contributed by atoms with van der Waals surface area (Å²) in [6.07, 6.45) is 3.44.